The summed E-state index contributed by atoms with van der Waals surface area (Å²) in [5.41, 5.74) is 6.25. The Labute approximate surface area is 230 Å². The summed E-state index contributed by atoms with van der Waals surface area (Å²) in [5, 5.41) is 12.4. The maximum Gasteiger partial charge on any atom is 0.311 e. The second kappa shape index (κ2) is 13.2. The van der Waals surface area contributed by atoms with Gasteiger partial charge in [0.1, 0.15) is 0 Å². The van der Waals surface area contributed by atoms with Crippen LogP contribution >= 0.6 is 0 Å². The van der Waals surface area contributed by atoms with Crippen LogP contribution in [0.25, 0.3) is 11.1 Å². The zero-order chi connectivity index (χ0) is 27.6. The number of nitrogens with one attached hydrogen (secondary N) is 1. The van der Waals surface area contributed by atoms with E-state index in [1.54, 1.807) is 18.2 Å². The molecule has 0 spiro atoms. The topological polar surface area (TPSA) is 79.2 Å². The summed E-state index contributed by atoms with van der Waals surface area (Å²) in [5.74, 6) is -1.32. The Kier molecular flexibility index (Phi) is 9.26. The Morgan fingerprint density at radius 1 is 0.795 bits per heavy atom. The van der Waals surface area contributed by atoms with E-state index in [9.17, 15) is 14.9 Å². The molecule has 2 unspecified atom stereocenters. The molecular formula is C34H32N2O3. The Balaban J connectivity index is 1.60. The number of nitriles is 1. The van der Waals surface area contributed by atoms with E-state index in [-0.39, 0.29) is 5.91 Å². The van der Waals surface area contributed by atoms with E-state index in [1.807, 2.05) is 66.7 Å². The lowest BCUT2D eigenvalue weighted by molar-refractivity contribution is -0.146. The first-order valence-electron chi connectivity index (χ1n) is 13.1. The van der Waals surface area contributed by atoms with Gasteiger partial charge in [0.15, 0.2) is 0 Å². The number of aryl methyl sites for hydroxylation is 1. The van der Waals surface area contributed by atoms with Crippen LogP contribution in [-0.4, -0.2) is 25.0 Å². The Hall–Kier alpha value is -4.69. The van der Waals surface area contributed by atoms with Crippen LogP contribution < -0.4 is 5.32 Å². The van der Waals surface area contributed by atoms with E-state index < -0.39 is 17.9 Å². The highest BCUT2D eigenvalue weighted by molar-refractivity contribution is 5.95. The first-order valence-corrected chi connectivity index (χ1v) is 13.1. The summed E-state index contributed by atoms with van der Waals surface area (Å²) in [6, 6.07) is 34.4. The average molecular weight is 517 g/mol. The third-order valence-corrected chi connectivity index (χ3v) is 6.93. The molecule has 0 saturated carbocycles. The van der Waals surface area contributed by atoms with Crippen molar-refractivity contribution in [1.29, 1.82) is 5.26 Å². The summed E-state index contributed by atoms with van der Waals surface area (Å²) >= 11 is 0. The first kappa shape index (κ1) is 27.3. The van der Waals surface area contributed by atoms with Crippen LogP contribution in [0.15, 0.2) is 103 Å². The number of hydrogen-bond acceptors (Lipinski definition) is 4. The number of benzene rings is 4. The number of rotatable bonds is 10. The summed E-state index contributed by atoms with van der Waals surface area (Å²) in [7, 11) is 1.36. The molecule has 0 heterocycles. The molecular weight excluding hydrogens is 484 g/mol. The van der Waals surface area contributed by atoms with Crippen molar-refractivity contribution in [3.05, 3.63) is 131 Å². The lowest BCUT2D eigenvalue weighted by Crippen LogP contribution is -2.46. The number of nitrogens with zero attached hydrogens (tertiary/aromatic N) is 1. The fraction of sp³-hybridized carbons (Fsp3) is 0.206. The average Bonchev–Trinajstić information content (AvgIpc) is 3.00. The quantitative estimate of drug-likeness (QED) is 0.256. The lowest BCUT2D eigenvalue weighted by Gasteiger charge is -2.27. The zero-order valence-electron chi connectivity index (χ0n) is 22.3. The van der Waals surface area contributed by atoms with Gasteiger partial charge in [0, 0.05) is 11.6 Å². The van der Waals surface area contributed by atoms with Crippen LogP contribution in [0, 0.1) is 17.2 Å². The molecule has 4 aromatic carbocycles. The van der Waals surface area contributed by atoms with Crippen molar-refractivity contribution in [3.8, 4) is 17.2 Å². The van der Waals surface area contributed by atoms with Crippen LogP contribution in [0.1, 0.15) is 39.5 Å². The van der Waals surface area contributed by atoms with Gasteiger partial charge in [-0.3, -0.25) is 9.59 Å². The van der Waals surface area contributed by atoms with Gasteiger partial charge in [-0.25, -0.2) is 0 Å². The van der Waals surface area contributed by atoms with Crippen LogP contribution in [0.5, 0.6) is 0 Å². The smallest absolute Gasteiger partial charge is 0.311 e. The first-order chi connectivity index (χ1) is 19.0. The third kappa shape index (κ3) is 7.21. The number of carbonyl (C=O) groups excluding carboxylic acids is 2. The Bertz CT molecular complexity index is 1460. The van der Waals surface area contributed by atoms with Gasteiger partial charge in [0.05, 0.1) is 24.7 Å². The second-order valence-corrected chi connectivity index (χ2v) is 9.55. The SMILES string of the molecule is CCc1cccc(-c2ccc(C(=O)NC(Cc3ccccc3)C(Cc3cccc(C#N)c3)C(=O)OC)cc2)c1. The molecule has 0 radical (unpaired) electrons. The number of ether oxygens (including phenoxy) is 1. The number of carbonyl (C=O) groups is 2. The van der Waals surface area contributed by atoms with E-state index in [4.69, 9.17) is 4.74 Å². The highest BCUT2D eigenvalue weighted by atomic mass is 16.5. The molecule has 0 aliphatic carbocycles. The monoisotopic (exact) mass is 516 g/mol. The molecule has 2 atom stereocenters. The number of methoxy groups -OCH3 is 1. The molecule has 0 aromatic heterocycles. The van der Waals surface area contributed by atoms with Gasteiger partial charge < -0.3 is 10.1 Å². The van der Waals surface area contributed by atoms with E-state index in [0.717, 1.165) is 28.7 Å². The van der Waals surface area contributed by atoms with Crippen LogP contribution in [0.2, 0.25) is 0 Å². The number of esters is 1. The fourth-order valence-electron chi connectivity index (χ4n) is 4.76. The summed E-state index contributed by atoms with van der Waals surface area (Å²) in [6.07, 6.45) is 1.73. The molecule has 0 saturated heterocycles. The minimum absolute atomic E-state index is 0.260. The normalized spacial score (nSPS) is 12.1. The molecule has 0 fully saturated rings. The molecule has 1 amide bonds. The lowest BCUT2D eigenvalue weighted by atomic mass is 9.87. The van der Waals surface area contributed by atoms with Crippen LogP contribution in [-0.2, 0) is 28.8 Å². The predicted octanol–water partition coefficient (Wildman–Crippen LogP) is 6.16. The molecule has 39 heavy (non-hydrogen) atoms. The molecule has 5 heteroatoms. The second-order valence-electron chi connectivity index (χ2n) is 9.55. The van der Waals surface area contributed by atoms with E-state index in [1.165, 1.54) is 12.7 Å². The van der Waals surface area contributed by atoms with E-state index in [0.29, 0.717) is 24.0 Å². The molecule has 4 rings (SSSR count). The van der Waals surface area contributed by atoms with Crippen molar-refractivity contribution >= 4 is 11.9 Å². The Morgan fingerprint density at radius 2 is 1.49 bits per heavy atom. The largest absolute Gasteiger partial charge is 0.469 e. The van der Waals surface area contributed by atoms with E-state index >= 15 is 0 Å². The van der Waals surface area contributed by atoms with Crippen molar-refractivity contribution in [2.24, 2.45) is 5.92 Å². The van der Waals surface area contributed by atoms with E-state index in [2.05, 4.69) is 36.5 Å². The van der Waals surface area contributed by atoms with Gasteiger partial charge in [-0.1, -0.05) is 85.8 Å². The minimum atomic E-state index is -0.649. The highest BCUT2D eigenvalue weighted by Crippen LogP contribution is 2.23. The minimum Gasteiger partial charge on any atom is -0.469 e. The molecule has 0 aliphatic heterocycles. The maximum absolute atomic E-state index is 13.5. The van der Waals surface area contributed by atoms with Gasteiger partial charge in [-0.05, 0) is 71.3 Å². The number of amides is 1. The standard InChI is InChI=1S/C34H32N2O3/c1-3-24-11-8-14-30(20-24)28-15-17-29(18-16-28)33(37)36-32(22-25-9-5-4-6-10-25)31(34(38)39-2)21-26-12-7-13-27(19-26)23-35/h4-20,31-32H,3,21-22H2,1-2H3,(H,36,37). The van der Waals surface area contributed by atoms with Gasteiger partial charge in [0.2, 0.25) is 0 Å². The summed E-state index contributed by atoms with van der Waals surface area (Å²) < 4.78 is 5.18. The van der Waals surface area contributed by atoms with Crippen molar-refractivity contribution in [1.82, 2.24) is 5.32 Å². The van der Waals surface area contributed by atoms with Crippen LogP contribution in [0.4, 0.5) is 0 Å². The van der Waals surface area contributed by atoms with Gasteiger partial charge in [0.25, 0.3) is 5.91 Å². The van der Waals surface area contributed by atoms with Crippen molar-refractivity contribution in [2.75, 3.05) is 7.11 Å². The Morgan fingerprint density at radius 3 is 2.18 bits per heavy atom. The van der Waals surface area contributed by atoms with Crippen molar-refractivity contribution in [3.63, 3.8) is 0 Å². The molecule has 1 N–H and O–H groups in total. The molecule has 196 valence electrons. The van der Waals surface area contributed by atoms with Crippen molar-refractivity contribution < 1.29 is 14.3 Å². The summed E-state index contributed by atoms with van der Waals surface area (Å²) in [4.78, 5) is 26.5. The maximum atomic E-state index is 13.5. The van der Waals surface area contributed by atoms with Gasteiger partial charge in [-0.2, -0.15) is 5.26 Å². The highest BCUT2D eigenvalue weighted by Gasteiger charge is 2.31. The zero-order valence-corrected chi connectivity index (χ0v) is 22.3. The fourth-order valence-corrected chi connectivity index (χ4v) is 4.76. The summed E-state index contributed by atoms with van der Waals surface area (Å²) in [6.45, 7) is 2.13. The van der Waals surface area contributed by atoms with Gasteiger partial charge >= 0.3 is 5.97 Å². The van der Waals surface area contributed by atoms with Crippen molar-refractivity contribution in [2.45, 2.75) is 32.2 Å². The number of hydrogen-bond donors (Lipinski definition) is 1. The third-order valence-electron chi connectivity index (χ3n) is 6.93. The van der Waals surface area contributed by atoms with Gasteiger partial charge in [-0.15, -0.1) is 0 Å². The predicted molar refractivity (Wildman–Crippen MR) is 153 cm³/mol. The molecule has 0 bridgehead atoms. The van der Waals surface area contributed by atoms with Crippen LogP contribution in [0.3, 0.4) is 0 Å². The molecule has 5 nitrogen and oxygen atoms in total. The molecule has 0 aliphatic rings. The molecule has 4 aromatic rings.